The minimum absolute atomic E-state index is 0.495. The van der Waals surface area contributed by atoms with E-state index < -0.39 is 0 Å². The van der Waals surface area contributed by atoms with Crippen molar-refractivity contribution in [1.82, 2.24) is 0 Å². The van der Waals surface area contributed by atoms with E-state index in [9.17, 15) is 0 Å². The number of hydrogen-bond donors (Lipinski definition) is 0. The molecule has 0 fully saturated rings. The second-order valence-electron chi connectivity index (χ2n) is 7.24. The van der Waals surface area contributed by atoms with E-state index in [1.165, 1.54) is 0 Å². The molecule has 0 spiro atoms. The SMILES string of the molecule is C(=C\c1ccccc1)/COc1ccccc1-c1ccccc1OC/C=C/c1ccccc1. The zero-order chi connectivity index (χ0) is 21.8. The molecule has 158 valence electrons. The van der Waals surface area contributed by atoms with Gasteiger partial charge in [-0.25, -0.2) is 0 Å². The summed E-state index contributed by atoms with van der Waals surface area (Å²) in [6.07, 6.45) is 8.20. The first kappa shape index (κ1) is 21.2. The van der Waals surface area contributed by atoms with Crippen LogP contribution in [0.2, 0.25) is 0 Å². The monoisotopic (exact) mass is 418 g/mol. The molecule has 32 heavy (non-hydrogen) atoms. The van der Waals surface area contributed by atoms with Crippen molar-refractivity contribution in [2.45, 2.75) is 0 Å². The predicted octanol–water partition coefficient (Wildman–Crippen LogP) is 7.54. The molecule has 0 aliphatic heterocycles. The van der Waals surface area contributed by atoms with Gasteiger partial charge in [-0.05, 0) is 35.4 Å². The number of para-hydroxylation sites is 2. The average molecular weight is 419 g/mol. The maximum absolute atomic E-state index is 6.10. The minimum atomic E-state index is 0.495. The van der Waals surface area contributed by atoms with Gasteiger partial charge in [0.15, 0.2) is 0 Å². The predicted molar refractivity (Wildman–Crippen MR) is 134 cm³/mol. The van der Waals surface area contributed by atoms with Crippen molar-refractivity contribution in [3.05, 3.63) is 132 Å². The molecule has 0 aromatic heterocycles. The van der Waals surface area contributed by atoms with Crippen molar-refractivity contribution in [3.8, 4) is 22.6 Å². The van der Waals surface area contributed by atoms with Crippen LogP contribution in [0, 0.1) is 0 Å². The summed E-state index contributed by atoms with van der Waals surface area (Å²) in [5.41, 5.74) is 4.35. The summed E-state index contributed by atoms with van der Waals surface area (Å²) in [4.78, 5) is 0. The summed E-state index contributed by atoms with van der Waals surface area (Å²) in [7, 11) is 0. The van der Waals surface area contributed by atoms with Gasteiger partial charge >= 0.3 is 0 Å². The lowest BCUT2D eigenvalue weighted by atomic mass is 10.0. The van der Waals surface area contributed by atoms with Crippen LogP contribution in [-0.2, 0) is 0 Å². The second-order valence-corrected chi connectivity index (χ2v) is 7.24. The van der Waals surface area contributed by atoms with E-state index in [1.807, 2.05) is 84.9 Å². The Morgan fingerprint density at radius 2 is 0.812 bits per heavy atom. The lowest BCUT2D eigenvalue weighted by Crippen LogP contribution is -1.98. The standard InChI is InChI=1S/C30H26O2/c1-3-13-25(14-4-1)17-11-23-31-29-21-9-7-19-27(29)28-20-8-10-22-30(28)32-24-12-18-26-15-5-2-6-16-26/h1-22H,23-24H2/b17-11+,18-12+. The van der Waals surface area contributed by atoms with Crippen LogP contribution in [0.1, 0.15) is 11.1 Å². The summed E-state index contributed by atoms with van der Waals surface area (Å²) >= 11 is 0. The van der Waals surface area contributed by atoms with Gasteiger partial charge in [-0.1, -0.05) is 109 Å². The van der Waals surface area contributed by atoms with Crippen LogP contribution < -0.4 is 9.47 Å². The minimum Gasteiger partial charge on any atom is -0.489 e. The van der Waals surface area contributed by atoms with Crippen molar-refractivity contribution in [2.24, 2.45) is 0 Å². The van der Waals surface area contributed by atoms with Crippen molar-refractivity contribution in [2.75, 3.05) is 13.2 Å². The Hall–Kier alpha value is -4.04. The quantitative estimate of drug-likeness (QED) is 0.279. The van der Waals surface area contributed by atoms with Gasteiger partial charge in [0.05, 0.1) is 0 Å². The molecule has 0 unspecified atom stereocenters. The first-order chi connectivity index (χ1) is 15.9. The second kappa shape index (κ2) is 11.4. The van der Waals surface area contributed by atoms with Gasteiger partial charge in [0.1, 0.15) is 24.7 Å². The molecule has 0 aliphatic rings. The molecular weight excluding hydrogens is 392 g/mol. The molecule has 4 rings (SSSR count). The molecule has 4 aromatic carbocycles. The maximum atomic E-state index is 6.10. The number of hydrogen-bond acceptors (Lipinski definition) is 2. The first-order valence-corrected chi connectivity index (χ1v) is 10.8. The van der Waals surface area contributed by atoms with Crippen LogP contribution in [0.4, 0.5) is 0 Å². The zero-order valence-corrected chi connectivity index (χ0v) is 17.9. The van der Waals surface area contributed by atoms with Crippen LogP contribution in [0.15, 0.2) is 121 Å². The highest BCUT2D eigenvalue weighted by Crippen LogP contribution is 2.36. The molecule has 0 N–H and O–H groups in total. The molecule has 0 atom stereocenters. The van der Waals surface area contributed by atoms with E-state index in [2.05, 4.69) is 48.6 Å². The van der Waals surface area contributed by atoms with E-state index >= 15 is 0 Å². The van der Waals surface area contributed by atoms with Crippen LogP contribution in [-0.4, -0.2) is 13.2 Å². The third kappa shape index (κ3) is 5.99. The Balaban J connectivity index is 1.44. The maximum Gasteiger partial charge on any atom is 0.127 e. The van der Waals surface area contributed by atoms with Crippen molar-refractivity contribution in [3.63, 3.8) is 0 Å². The van der Waals surface area contributed by atoms with Gasteiger partial charge in [-0.3, -0.25) is 0 Å². The summed E-state index contributed by atoms with van der Waals surface area (Å²) < 4.78 is 12.2. The molecule has 0 bridgehead atoms. The summed E-state index contributed by atoms with van der Waals surface area (Å²) in [5, 5.41) is 0. The lowest BCUT2D eigenvalue weighted by Gasteiger charge is -2.14. The number of ether oxygens (including phenoxy) is 2. The van der Waals surface area contributed by atoms with Crippen molar-refractivity contribution >= 4 is 12.2 Å². The highest BCUT2D eigenvalue weighted by atomic mass is 16.5. The van der Waals surface area contributed by atoms with Gasteiger partial charge < -0.3 is 9.47 Å². The van der Waals surface area contributed by atoms with Crippen molar-refractivity contribution < 1.29 is 9.47 Å². The molecule has 0 radical (unpaired) electrons. The van der Waals surface area contributed by atoms with Crippen molar-refractivity contribution in [1.29, 1.82) is 0 Å². The molecule has 0 heterocycles. The van der Waals surface area contributed by atoms with E-state index in [1.54, 1.807) is 0 Å². The van der Waals surface area contributed by atoms with Crippen LogP contribution in [0.5, 0.6) is 11.5 Å². The van der Waals surface area contributed by atoms with E-state index in [0.717, 1.165) is 33.8 Å². The summed E-state index contributed by atoms with van der Waals surface area (Å²) in [5.74, 6) is 1.67. The van der Waals surface area contributed by atoms with Gasteiger partial charge in [-0.2, -0.15) is 0 Å². The average Bonchev–Trinajstić information content (AvgIpc) is 2.86. The number of benzene rings is 4. The summed E-state index contributed by atoms with van der Waals surface area (Å²) in [6, 6.07) is 36.6. The molecule has 4 aromatic rings. The van der Waals surface area contributed by atoms with Crippen LogP contribution in [0.25, 0.3) is 23.3 Å². The smallest absolute Gasteiger partial charge is 0.127 e. The fourth-order valence-electron chi connectivity index (χ4n) is 3.40. The third-order valence-corrected chi connectivity index (χ3v) is 4.95. The third-order valence-electron chi connectivity index (χ3n) is 4.95. The van der Waals surface area contributed by atoms with Gasteiger partial charge in [0.2, 0.25) is 0 Å². The van der Waals surface area contributed by atoms with Gasteiger partial charge in [0, 0.05) is 11.1 Å². The van der Waals surface area contributed by atoms with Crippen LogP contribution in [0.3, 0.4) is 0 Å². The Kier molecular flexibility index (Phi) is 7.54. The van der Waals surface area contributed by atoms with E-state index in [4.69, 9.17) is 9.47 Å². The topological polar surface area (TPSA) is 18.5 Å². The Labute approximate surface area is 190 Å². The molecule has 2 heteroatoms. The normalized spacial score (nSPS) is 11.1. The highest BCUT2D eigenvalue weighted by molar-refractivity contribution is 5.75. The van der Waals surface area contributed by atoms with E-state index in [0.29, 0.717) is 13.2 Å². The molecule has 0 amide bonds. The molecule has 0 saturated heterocycles. The molecule has 0 aliphatic carbocycles. The zero-order valence-electron chi connectivity index (χ0n) is 17.9. The van der Waals surface area contributed by atoms with Gasteiger partial charge in [-0.15, -0.1) is 0 Å². The van der Waals surface area contributed by atoms with Gasteiger partial charge in [0.25, 0.3) is 0 Å². The Bertz CT molecular complexity index is 1070. The first-order valence-electron chi connectivity index (χ1n) is 10.8. The Morgan fingerprint density at radius 1 is 0.438 bits per heavy atom. The van der Waals surface area contributed by atoms with E-state index in [-0.39, 0.29) is 0 Å². The fraction of sp³-hybridized carbons (Fsp3) is 0.0667. The highest BCUT2D eigenvalue weighted by Gasteiger charge is 2.10. The molecule has 0 saturated carbocycles. The molecular formula is C30H26O2. The summed E-state index contributed by atoms with van der Waals surface area (Å²) in [6.45, 7) is 0.990. The lowest BCUT2D eigenvalue weighted by molar-refractivity contribution is 0.359. The molecule has 2 nitrogen and oxygen atoms in total. The largest absolute Gasteiger partial charge is 0.489 e. The Morgan fingerprint density at radius 3 is 1.25 bits per heavy atom. The fourth-order valence-corrected chi connectivity index (χ4v) is 3.40. The number of rotatable bonds is 9. The van der Waals surface area contributed by atoms with Crippen LogP contribution >= 0.6 is 0 Å².